The molecule has 1 aliphatic heterocycles. The standard InChI is InChI=1S/C19H26FN4O/c1-12(2)9-24-10-15(13(24)3)8-22-19(23-11-21)17-6-5-16(20)7-18(17)14(4)25/h5-7,10-12,14,25H,8-9H2,1-4H3,(H2,21,22,23)/q+1/t14-/m1/s1. The van der Waals surface area contributed by atoms with Crippen LogP contribution in [0.1, 0.15) is 44.9 Å². The van der Waals surface area contributed by atoms with Crippen LogP contribution in [0.5, 0.6) is 0 Å². The number of aliphatic hydroxyl groups excluding tert-OH is 1. The molecule has 2 rings (SSSR count). The lowest BCUT2D eigenvalue weighted by Gasteiger charge is -2.19. The molecule has 0 unspecified atom stereocenters. The molecule has 25 heavy (non-hydrogen) atoms. The molecule has 0 aromatic heterocycles. The second kappa shape index (κ2) is 8.16. The van der Waals surface area contributed by atoms with E-state index in [1.165, 1.54) is 23.4 Å². The van der Waals surface area contributed by atoms with E-state index in [1.807, 2.05) is 0 Å². The summed E-state index contributed by atoms with van der Waals surface area (Å²) in [5.74, 6) is 0.620. The topological polar surface area (TPSA) is 71.5 Å². The Kier molecular flexibility index (Phi) is 6.20. The van der Waals surface area contributed by atoms with E-state index in [2.05, 4.69) is 41.9 Å². The molecule has 5 nitrogen and oxygen atoms in total. The van der Waals surface area contributed by atoms with Gasteiger partial charge in [0.2, 0.25) is 0 Å². The zero-order valence-corrected chi connectivity index (χ0v) is 15.2. The SMILES string of the molecule is CC1=[N+](CC(C)C)C=C1CN/C(=N\C=N)c1ccc(F)cc1[C@@H](C)O. The van der Waals surface area contributed by atoms with Gasteiger partial charge in [-0.15, -0.1) is 0 Å². The third kappa shape index (κ3) is 4.60. The molecule has 0 saturated heterocycles. The first-order valence-corrected chi connectivity index (χ1v) is 8.43. The molecule has 0 fully saturated rings. The van der Waals surface area contributed by atoms with Crippen molar-refractivity contribution in [3.8, 4) is 0 Å². The van der Waals surface area contributed by atoms with E-state index in [0.717, 1.165) is 12.9 Å². The summed E-state index contributed by atoms with van der Waals surface area (Å²) in [6.07, 6.45) is 2.21. The van der Waals surface area contributed by atoms with Crippen molar-refractivity contribution in [1.82, 2.24) is 5.32 Å². The highest BCUT2D eigenvalue weighted by atomic mass is 19.1. The summed E-state index contributed by atoms with van der Waals surface area (Å²) >= 11 is 0. The first kappa shape index (κ1) is 19.0. The van der Waals surface area contributed by atoms with E-state index in [-0.39, 0.29) is 0 Å². The molecular weight excluding hydrogens is 319 g/mol. The molecule has 0 bridgehead atoms. The summed E-state index contributed by atoms with van der Waals surface area (Å²) in [4.78, 5) is 4.05. The first-order chi connectivity index (χ1) is 11.8. The summed E-state index contributed by atoms with van der Waals surface area (Å²) in [5.41, 5.74) is 3.42. The number of hydrogen-bond acceptors (Lipinski definition) is 2. The van der Waals surface area contributed by atoms with Crippen LogP contribution in [-0.4, -0.2) is 40.7 Å². The van der Waals surface area contributed by atoms with E-state index in [0.29, 0.717) is 29.4 Å². The number of aliphatic imine (C=N–C) groups is 1. The Balaban J connectivity index is 2.14. The van der Waals surface area contributed by atoms with Crippen LogP contribution in [0, 0.1) is 17.1 Å². The molecule has 0 spiro atoms. The van der Waals surface area contributed by atoms with E-state index in [1.54, 1.807) is 13.0 Å². The average Bonchev–Trinajstić information content (AvgIpc) is 2.55. The fourth-order valence-electron chi connectivity index (χ4n) is 2.80. The predicted octanol–water partition coefficient (Wildman–Crippen LogP) is 2.85. The Hall–Kier alpha value is -2.34. The quantitative estimate of drug-likeness (QED) is 0.404. The molecule has 0 aliphatic carbocycles. The number of nitrogens with one attached hydrogen (secondary N) is 2. The predicted molar refractivity (Wildman–Crippen MR) is 99.1 cm³/mol. The molecule has 3 N–H and O–H groups in total. The van der Waals surface area contributed by atoms with Crippen LogP contribution in [0.4, 0.5) is 4.39 Å². The molecule has 1 heterocycles. The number of hydrogen-bond donors (Lipinski definition) is 3. The molecule has 1 atom stereocenters. The summed E-state index contributed by atoms with van der Waals surface area (Å²) in [6.45, 7) is 9.56. The maximum Gasteiger partial charge on any atom is 0.189 e. The van der Waals surface area contributed by atoms with Gasteiger partial charge in [-0.3, -0.25) is 5.41 Å². The zero-order chi connectivity index (χ0) is 18.6. The number of rotatable bonds is 7. The molecule has 0 radical (unpaired) electrons. The van der Waals surface area contributed by atoms with E-state index in [4.69, 9.17) is 5.41 Å². The monoisotopic (exact) mass is 345 g/mol. The smallest absolute Gasteiger partial charge is 0.189 e. The van der Waals surface area contributed by atoms with Crippen molar-refractivity contribution in [3.05, 3.63) is 46.9 Å². The largest absolute Gasteiger partial charge is 0.389 e. The maximum absolute atomic E-state index is 13.5. The average molecular weight is 345 g/mol. The second-order valence-corrected chi connectivity index (χ2v) is 6.65. The van der Waals surface area contributed by atoms with Crippen molar-refractivity contribution in [2.75, 3.05) is 13.1 Å². The highest BCUT2D eigenvalue weighted by Gasteiger charge is 2.26. The van der Waals surface area contributed by atoms with Crippen molar-refractivity contribution in [1.29, 1.82) is 5.41 Å². The minimum Gasteiger partial charge on any atom is -0.389 e. The minimum atomic E-state index is -0.832. The molecule has 1 aromatic rings. The Bertz CT molecular complexity index is 748. The zero-order valence-electron chi connectivity index (χ0n) is 15.2. The Morgan fingerprint density at radius 1 is 1.40 bits per heavy atom. The highest BCUT2D eigenvalue weighted by molar-refractivity contribution is 6.04. The van der Waals surface area contributed by atoms with Gasteiger partial charge in [0.05, 0.1) is 12.6 Å². The molecule has 6 heteroatoms. The Labute approximate surface area is 148 Å². The molecule has 0 amide bonds. The number of amidine groups is 1. The lowest BCUT2D eigenvalue weighted by atomic mass is 10.0. The van der Waals surface area contributed by atoms with Crippen molar-refractivity contribution >= 4 is 17.9 Å². The van der Waals surface area contributed by atoms with Crippen LogP contribution in [0.25, 0.3) is 0 Å². The van der Waals surface area contributed by atoms with E-state index < -0.39 is 11.9 Å². The van der Waals surface area contributed by atoms with Crippen LogP contribution in [0.2, 0.25) is 0 Å². The van der Waals surface area contributed by atoms with Crippen LogP contribution >= 0.6 is 0 Å². The van der Waals surface area contributed by atoms with E-state index >= 15 is 0 Å². The van der Waals surface area contributed by atoms with E-state index in [9.17, 15) is 9.50 Å². The van der Waals surface area contributed by atoms with Gasteiger partial charge in [0.1, 0.15) is 23.6 Å². The molecule has 1 aromatic carbocycles. The fourth-order valence-corrected chi connectivity index (χ4v) is 2.80. The third-order valence-corrected chi connectivity index (χ3v) is 4.13. The fraction of sp³-hybridized carbons (Fsp3) is 0.421. The molecule has 1 aliphatic rings. The van der Waals surface area contributed by atoms with Gasteiger partial charge < -0.3 is 10.4 Å². The Morgan fingerprint density at radius 3 is 2.68 bits per heavy atom. The van der Waals surface area contributed by atoms with Gasteiger partial charge in [-0.05, 0) is 30.7 Å². The van der Waals surface area contributed by atoms with Gasteiger partial charge in [0.25, 0.3) is 0 Å². The summed E-state index contributed by atoms with van der Waals surface area (Å²) in [6, 6.07) is 4.20. The molecule has 134 valence electrons. The lowest BCUT2D eigenvalue weighted by Crippen LogP contribution is -2.36. The van der Waals surface area contributed by atoms with Crippen molar-refractivity contribution in [3.63, 3.8) is 0 Å². The van der Waals surface area contributed by atoms with Crippen molar-refractivity contribution < 1.29 is 14.1 Å². The summed E-state index contributed by atoms with van der Waals surface area (Å²) < 4.78 is 15.7. The number of nitrogens with zero attached hydrogens (tertiary/aromatic N) is 2. The van der Waals surface area contributed by atoms with Gasteiger partial charge >= 0.3 is 0 Å². The van der Waals surface area contributed by atoms with Crippen LogP contribution in [-0.2, 0) is 0 Å². The highest BCUT2D eigenvalue weighted by Crippen LogP contribution is 2.20. The summed E-state index contributed by atoms with van der Waals surface area (Å²) in [5, 5.41) is 20.4. The maximum atomic E-state index is 13.5. The Morgan fingerprint density at radius 2 is 2.12 bits per heavy atom. The van der Waals surface area contributed by atoms with Crippen LogP contribution < -0.4 is 5.32 Å². The molecular formula is C19H26FN4O+. The van der Waals surface area contributed by atoms with Crippen LogP contribution in [0.3, 0.4) is 0 Å². The minimum absolute atomic E-state index is 0.413. The number of halogens is 1. The van der Waals surface area contributed by atoms with Gasteiger partial charge in [-0.2, -0.15) is 0 Å². The summed E-state index contributed by atoms with van der Waals surface area (Å²) in [7, 11) is 0. The second-order valence-electron chi connectivity index (χ2n) is 6.65. The number of aliphatic hydroxyl groups is 1. The van der Waals surface area contributed by atoms with Crippen molar-refractivity contribution in [2.45, 2.75) is 33.8 Å². The van der Waals surface area contributed by atoms with Gasteiger partial charge in [-0.25, -0.2) is 14.0 Å². The number of benzene rings is 1. The third-order valence-electron chi connectivity index (χ3n) is 4.13. The van der Waals surface area contributed by atoms with Gasteiger partial charge in [0, 0.05) is 18.4 Å². The molecule has 0 saturated carbocycles. The first-order valence-electron chi connectivity index (χ1n) is 8.43. The van der Waals surface area contributed by atoms with Gasteiger partial charge in [0.15, 0.2) is 18.5 Å². The van der Waals surface area contributed by atoms with Crippen LogP contribution in [0.15, 0.2) is 35.0 Å². The van der Waals surface area contributed by atoms with Crippen molar-refractivity contribution in [2.24, 2.45) is 10.9 Å². The van der Waals surface area contributed by atoms with Gasteiger partial charge in [-0.1, -0.05) is 13.8 Å². The normalized spacial score (nSPS) is 15.8. The lowest BCUT2D eigenvalue weighted by molar-refractivity contribution is -0.476.